The first-order valence-electron chi connectivity index (χ1n) is 4.73. The molecular formula is C12H15NO2. The van der Waals surface area contributed by atoms with Gasteiger partial charge < -0.3 is 10.2 Å². The summed E-state index contributed by atoms with van der Waals surface area (Å²) in [5.74, 6) is 0.208. The summed E-state index contributed by atoms with van der Waals surface area (Å²) in [5, 5.41) is 18.7. The van der Waals surface area contributed by atoms with Crippen molar-refractivity contribution in [2.24, 2.45) is 4.99 Å². The number of hydrogen-bond donors (Lipinski definition) is 2. The quantitative estimate of drug-likeness (QED) is 0.588. The van der Waals surface area contributed by atoms with Crippen LogP contribution in [0.3, 0.4) is 0 Å². The van der Waals surface area contributed by atoms with Gasteiger partial charge in [-0.3, -0.25) is 4.99 Å². The molecule has 0 radical (unpaired) electrons. The van der Waals surface area contributed by atoms with Gasteiger partial charge in [-0.2, -0.15) is 0 Å². The molecule has 15 heavy (non-hydrogen) atoms. The van der Waals surface area contributed by atoms with E-state index >= 15 is 0 Å². The molecule has 0 saturated heterocycles. The lowest BCUT2D eigenvalue weighted by Gasteiger charge is -2.08. The normalized spacial score (nSPS) is 13.6. The zero-order valence-electron chi connectivity index (χ0n) is 8.94. The van der Waals surface area contributed by atoms with E-state index in [1.165, 1.54) is 0 Å². The van der Waals surface area contributed by atoms with Crippen molar-refractivity contribution in [3.05, 3.63) is 42.2 Å². The fourth-order valence-corrected chi connectivity index (χ4v) is 1.21. The fourth-order valence-electron chi connectivity index (χ4n) is 1.21. The molecule has 2 N–H and O–H groups in total. The molecule has 1 atom stereocenters. The largest absolute Gasteiger partial charge is 0.511 e. The summed E-state index contributed by atoms with van der Waals surface area (Å²) in [6.07, 6.45) is 0. The van der Waals surface area contributed by atoms with Crippen LogP contribution in [0.25, 0.3) is 0 Å². The van der Waals surface area contributed by atoms with E-state index in [-0.39, 0.29) is 17.6 Å². The fraction of sp³-hybridized carbons (Fsp3) is 0.250. The molecular weight excluding hydrogens is 190 g/mol. The molecule has 1 rings (SSSR count). The molecule has 1 unspecified atom stereocenters. The van der Waals surface area contributed by atoms with Gasteiger partial charge in [-0.05, 0) is 26.0 Å². The Hall–Kier alpha value is -1.77. The van der Waals surface area contributed by atoms with E-state index in [0.717, 1.165) is 0 Å². The number of aliphatic hydroxyl groups excluding tert-OH is 1. The Labute approximate surface area is 89.4 Å². The predicted octanol–water partition coefficient (Wildman–Crippen LogP) is 2.66. The van der Waals surface area contributed by atoms with Gasteiger partial charge in [0.2, 0.25) is 0 Å². The lowest BCUT2D eigenvalue weighted by molar-refractivity contribution is 0.378. The number of nitrogens with zero attached hydrogens (tertiary/aromatic N) is 1. The average molecular weight is 205 g/mol. The van der Waals surface area contributed by atoms with Gasteiger partial charge in [0.15, 0.2) is 0 Å². The molecule has 0 bridgehead atoms. The number of aliphatic imine (C=N–C) groups is 1. The van der Waals surface area contributed by atoms with Crippen molar-refractivity contribution in [2.45, 2.75) is 19.9 Å². The second-order valence-electron chi connectivity index (χ2n) is 3.40. The van der Waals surface area contributed by atoms with Crippen LogP contribution in [0.5, 0.6) is 5.75 Å². The third-order valence-corrected chi connectivity index (χ3v) is 2.16. The van der Waals surface area contributed by atoms with E-state index in [1.54, 1.807) is 32.0 Å². The highest BCUT2D eigenvalue weighted by Gasteiger charge is 2.06. The highest BCUT2D eigenvalue weighted by Crippen LogP contribution is 2.17. The van der Waals surface area contributed by atoms with E-state index < -0.39 is 0 Å². The molecule has 0 heterocycles. The minimum Gasteiger partial charge on any atom is -0.511 e. The third-order valence-electron chi connectivity index (χ3n) is 2.16. The number of para-hydroxylation sites is 1. The molecule has 0 fully saturated rings. The molecule has 3 heteroatoms. The molecule has 1 aromatic carbocycles. The van der Waals surface area contributed by atoms with E-state index in [9.17, 15) is 5.11 Å². The average Bonchev–Trinajstić information content (AvgIpc) is 2.18. The van der Waals surface area contributed by atoms with Crippen LogP contribution in [0.2, 0.25) is 0 Å². The van der Waals surface area contributed by atoms with Crippen LogP contribution in [0.4, 0.5) is 0 Å². The smallest absolute Gasteiger partial charge is 0.124 e. The SMILES string of the molecule is C=C(O)C(C)/N=C(\C)c1ccccc1O. The molecule has 0 spiro atoms. The number of phenols is 1. The summed E-state index contributed by atoms with van der Waals surface area (Å²) in [6.45, 7) is 6.94. The number of hydrogen-bond acceptors (Lipinski definition) is 3. The standard InChI is InChI=1S/C12H15NO2/c1-8(10(3)14)13-9(2)11-6-4-5-7-12(11)15/h4-8,14-15H,3H2,1-2H3/b13-9+. The van der Waals surface area contributed by atoms with Crippen molar-refractivity contribution in [2.75, 3.05) is 0 Å². The molecule has 80 valence electrons. The van der Waals surface area contributed by atoms with Crippen LogP contribution >= 0.6 is 0 Å². The van der Waals surface area contributed by atoms with Gasteiger partial charge in [0.05, 0.1) is 0 Å². The highest BCUT2D eigenvalue weighted by atomic mass is 16.3. The molecule has 1 aromatic rings. The first kappa shape index (κ1) is 11.3. The lowest BCUT2D eigenvalue weighted by atomic mass is 10.1. The molecule has 0 aliphatic carbocycles. The summed E-state index contributed by atoms with van der Waals surface area (Å²) in [6, 6.07) is 6.60. The van der Waals surface area contributed by atoms with Gasteiger partial charge in [0.25, 0.3) is 0 Å². The zero-order valence-corrected chi connectivity index (χ0v) is 8.94. The number of phenolic OH excluding ortho intramolecular Hbond substituents is 1. The van der Waals surface area contributed by atoms with E-state index in [4.69, 9.17) is 5.11 Å². The van der Waals surface area contributed by atoms with Crippen molar-refractivity contribution in [3.8, 4) is 5.75 Å². The minimum atomic E-state index is -0.357. The second-order valence-corrected chi connectivity index (χ2v) is 3.40. The van der Waals surface area contributed by atoms with Crippen LogP contribution in [-0.4, -0.2) is 22.0 Å². The van der Waals surface area contributed by atoms with Crippen LogP contribution in [0.15, 0.2) is 41.6 Å². The maximum Gasteiger partial charge on any atom is 0.124 e. The Kier molecular flexibility index (Phi) is 3.50. The van der Waals surface area contributed by atoms with Crippen molar-refractivity contribution < 1.29 is 10.2 Å². The summed E-state index contributed by atoms with van der Waals surface area (Å²) in [7, 11) is 0. The highest BCUT2D eigenvalue weighted by molar-refractivity contribution is 6.01. The van der Waals surface area contributed by atoms with Crippen molar-refractivity contribution in [3.63, 3.8) is 0 Å². The topological polar surface area (TPSA) is 52.8 Å². The second kappa shape index (κ2) is 4.64. The molecule has 0 aromatic heterocycles. The first-order chi connectivity index (χ1) is 7.02. The predicted molar refractivity (Wildman–Crippen MR) is 61.5 cm³/mol. The maximum atomic E-state index is 9.57. The Balaban J connectivity index is 2.99. The number of benzene rings is 1. The third kappa shape index (κ3) is 2.84. The summed E-state index contributed by atoms with van der Waals surface area (Å²) >= 11 is 0. The Morgan fingerprint density at radius 2 is 2.00 bits per heavy atom. The molecule has 0 amide bonds. The van der Waals surface area contributed by atoms with E-state index in [1.807, 2.05) is 6.07 Å². The van der Waals surface area contributed by atoms with Gasteiger partial charge >= 0.3 is 0 Å². The number of rotatable bonds is 3. The van der Waals surface area contributed by atoms with Crippen molar-refractivity contribution in [1.29, 1.82) is 0 Å². The van der Waals surface area contributed by atoms with Crippen LogP contribution in [0.1, 0.15) is 19.4 Å². The molecule has 0 aliphatic rings. The van der Waals surface area contributed by atoms with Gasteiger partial charge in [0, 0.05) is 11.3 Å². The van der Waals surface area contributed by atoms with E-state index in [2.05, 4.69) is 11.6 Å². The Morgan fingerprint density at radius 3 is 2.53 bits per heavy atom. The molecule has 0 saturated carbocycles. The zero-order chi connectivity index (χ0) is 11.4. The Morgan fingerprint density at radius 1 is 1.40 bits per heavy atom. The monoisotopic (exact) mass is 205 g/mol. The van der Waals surface area contributed by atoms with E-state index in [0.29, 0.717) is 11.3 Å². The number of aromatic hydroxyl groups is 1. The molecule has 3 nitrogen and oxygen atoms in total. The van der Waals surface area contributed by atoms with Crippen LogP contribution < -0.4 is 0 Å². The van der Waals surface area contributed by atoms with Crippen molar-refractivity contribution in [1.82, 2.24) is 0 Å². The lowest BCUT2D eigenvalue weighted by Crippen LogP contribution is -2.06. The summed E-state index contributed by atoms with van der Waals surface area (Å²) in [4.78, 5) is 4.21. The van der Waals surface area contributed by atoms with Gasteiger partial charge in [-0.1, -0.05) is 18.7 Å². The van der Waals surface area contributed by atoms with Crippen LogP contribution in [0, 0.1) is 0 Å². The first-order valence-corrected chi connectivity index (χ1v) is 4.73. The Bertz CT molecular complexity index is 396. The van der Waals surface area contributed by atoms with Gasteiger partial charge in [-0.25, -0.2) is 0 Å². The maximum absolute atomic E-state index is 9.57. The van der Waals surface area contributed by atoms with Crippen molar-refractivity contribution >= 4 is 5.71 Å². The minimum absolute atomic E-state index is 0.0183. The van der Waals surface area contributed by atoms with Gasteiger partial charge in [0.1, 0.15) is 17.6 Å². The van der Waals surface area contributed by atoms with Crippen LogP contribution in [-0.2, 0) is 0 Å². The molecule has 0 aliphatic heterocycles. The van der Waals surface area contributed by atoms with Gasteiger partial charge in [-0.15, -0.1) is 0 Å². The summed E-state index contributed by atoms with van der Waals surface area (Å²) in [5.41, 5.74) is 1.35. The summed E-state index contributed by atoms with van der Waals surface area (Å²) < 4.78 is 0. The number of aliphatic hydroxyl groups is 1.